The van der Waals surface area contributed by atoms with Gasteiger partial charge in [-0.25, -0.2) is 4.39 Å². The van der Waals surface area contributed by atoms with Crippen molar-refractivity contribution in [2.75, 3.05) is 39.3 Å². The molecule has 112 valence electrons. The minimum Gasteiger partial charge on any atom is -0.392 e. The van der Waals surface area contributed by atoms with Crippen LogP contribution in [0.2, 0.25) is 0 Å². The zero-order chi connectivity index (χ0) is 14.5. The van der Waals surface area contributed by atoms with Crippen LogP contribution in [0.5, 0.6) is 0 Å². The summed E-state index contributed by atoms with van der Waals surface area (Å²) in [5.74, 6) is -0.316. The van der Waals surface area contributed by atoms with Crippen molar-refractivity contribution >= 4 is 0 Å². The maximum atomic E-state index is 13.1. The lowest BCUT2D eigenvalue weighted by atomic mass is 10.1. The summed E-state index contributed by atoms with van der Waals surface area (Å²) in [4.78, 5) is 4.39. The van der Waals surface area contributed by atoms with Crippen molar-refractivity contribution in [3.8, 4) is 0 Å². The molecule has 0 spiro atoms. The van der Waals surface area contributed by atoms with Gasteiger partial charge in [0.15, 0.2) is 0 Å². The molecule has 0 aromatic heterocycles. The molecule has 1 aliphatic heterocycles. The summed E-state index contributed by atoms with van der Waals surface area (Å²) in [6.45, 7) is 6.51. The molecule has 0 unspecified atom stereocenters. The highest BCUT2D eigenvalue weighted by Gasteiger charge is 2.20. The lowest BCUT2D eigenvalue weighted by Crippen LogP contribution is -2.49. The largest absolute Gasteiger partial charge is 0.392 e. The highest BCUT2D eigenvalue weighted by atomic mass is 19.1. The van der Waals surface area contributed by atoms with Crippen molar-refractivity contribution in [2.45, 2.75) is 19.1 Å². The molecule has 2 rings (SSSR count). The topological polar surface area (TPSA) is 46.9 Å². The third-order valence-electron chi connectivity index (χ3n) is 3.65. The van der Waals surface area contributed by atoms with E-state index in [1.807, 2.05) is 0 Å². The number of benzene rings is 1. The standard InChI is InChI=1S/C15H23FN2O2/c1-12(19)10-17-5-7-18(8-6-17)11-15(20)13-3-2-4-14(16)9-13/h2-4,9,12,15,19-20H,5-8,10-11H2,1H3/t12-,15-/m1/s1. The van der Waals surface area contributed by atoms with E-state index in [-0.39, 0.29) is 11.9 Å². The minimum atomic E-state index is -0.658. The van der Waals surface area contributed by atoms with Crippen LogP contribution in [0.25, 0.3) is 0 Å². The van der Waals surface area contributed by atoms with Crippen LogP contribution in [0.15, 0.2) is 24.3 Å². The van der Waals surface area contributed by atoms with Gasteiger partial charge in [0.05, 0.1) is 12.2 Å². The normalized spacial score (nSPS) is 20.8. The highest BCUT2D eigenvalue weighted by molar-refractivity contribution is 5.19. The fourth-order valence-electron chi connectivity index (χ4n) is 2.59. The molecular formula is C15H23FN2O2. The van der Waals surface area contributed by atoms with E-state index in [2.05, 4.69) is 9.80 Å². The molecule has 2 atom stereocenters. The number of aliphatic hydroxyl groups is 2. The Kier molecular flexibility index (Phi) is 5.48. The van der Waals surface area contributed by atoms with Gasteiger partial charge in [-0.15, -0.1) is 0 Å². The Balaban J connectivity index is 1.80. The number of hydrogen-bond acceptors (Lipinski definition) is 4. The van der Waals surface area contributed by atoms with Crippen molar-refractivity contribution in [3.63, 3.8) is 0 Å². The van der Waals surface area contributed by atoms with Crippen LogP contribution in [0.4, 0.5) is 4.39 Å². The average molecular weight is 282 g/mol. The Labute approximate surface area is 119 Å². The van der Waals surface area contributed by atoms with Crippen LogP contribution in [0, 0.1) is 5.82 Å². The van der Waals surface area contributed by atoms with Gasteiger partial charge in [0.2, 0.25) is 0 Å². The predicted octanol–water partition coefficient (Wildman–Crippen LogP) is 0.857. The molecule has 1 fully saturated rings. The molecular weight excluding hydrogens is 259 g/mol. The lowest BCUT2D eigenvalue weighted by Gasteiger charge is -2.36. The van der Waals surface area contributed by atoms with Crippen LogP contribution in [-0.4, -0.2) is 65.4 Å². The first-order valence-electron chi connectivity index (χ1n) is 7.11. The van der Waals surface area contributed by atoms with Crippen molar-refractivity contribution in [3.05, 3.63) is 35.6 Å². The van der Waals surface area contributed by atoms with Gasteiger partial charge < -0.3 is 10.2 Å². The van der Waals surface area contributed by atoms with Gasteiger partial charge in [-0.3, -0.25) is 9.80 Å². The molecule has 0 saturated carbocycles. The van der Waals surface area contributed by atoms with E-state index in [0.717, 1.165) is 26.2 Å². The average Bonchev–Trinajstić information content (AvgIpc) is 2.40. The fourth-order valence-corrected chi connectivity index (χ4v) is 2.59. The number of nitrogens with zero attached hydrogens (tertiary/aromatic N) is 2. The van der Waals surface area contributed by atoms with Crippen molar-refractivity contribution in [1.82, 2.24) is 9.80 Å². The number of piperazine rings is 1. The van der Waals surface area contributed by atoms with Crippen LogP contribution in [0.1, 0.15) is 18.6 Å². The summed E-state index contributed by atoms with van der Waals surface area (Å²) in [7, 11) is 0. The van der Waals surface area contributed by atoms with Crippen LogP contribution >= 0.6 is 0 Å². The summed E-state index contributed by atoms with van der Waals surface area (Å²) < 4.78 is 13.1. The van der Waals surface area contributed by atoms with E-state index < -0.39 is 6.10 Å². The zero-order valence-corrected chi connectivity index (χ0v) is 11.9. The third kappa shape index (κ3) is 4.52. The maximum absolute atomic E-state index is 13.1. The molecule has 1 saturated heterocycles. The molecule has 5 heteroatoms. The second-order valence-corrected chi connectivity index (χ2v) is 5.52. The Bertz CT molecular complexity index is 420. The van der Waals surface area contributed by atoms with Gasteiger partial charge in [-0.1, -0.05) is 12.1 Å². The number of β-amino-alcohol motifs (C(OH)–C–C–N with tert-alkyl or cyclic N) is 2. The molecule has 0 aliphatic carbocycles. The van der Waals surface area contributed by atoms with Gasteiger partial charge in [0.1, 0.15) is 5.82 Å². The summed E-state index contributed by atoms with van der Waals surface area (Å²) >= 11 is 0. The molecule has 0 amide bonds. The van der Waals surface area contributed by atoms with E-state index in [1.165, 1.54) is 12.1 Å². The fraction of sp³-hybridized carbons (Fsp3) is 0.600. The van der Waals surface area contributed by atoms with Gasteiger partial charge in [-0.2, -0.15) is 0 Å². The Hall–Kier alpha value is -1.01. The van der Waals surface area contributed by atoms with Gasteiger partial charge >= 0.3 is 0 Å². The Morgan fingerprint density at radius 1 is 1.10 bits per heavy atom. The lowest BCUT2D eigenvalue weighted by molar-refractivity contribution is 0.0526. The van der Waals surface area contributed by atoms with E-state index in [9.17, 15) is 14.6 Å². The van der Waals surface area contributed by atoms with E-state index >= 15 is 0 Å². The SMILES string of the molecule is C[C@@H](O)CN1CCN(C[C@@H](O)c2cccc(F)c2)CC1. The monoisotopic (exact) mass is 282 g/mol. The summed E-state index contributed by atoms with van der Waals surface area (Å²) in [6, 6.07) is 6.13. The van der Waals surface area contributed by atoms with E-state index in [0.29, 0.717) is 18.7 Å². The van der Waals surface area contributed by atoms with Crippen LogP contribution in [0.3, 0.4) is 0 Å². The quantitative estimate of drug-likeness (QED) is 0.841. The second-order valence-electron chi connectivity index (χ2n) is 5.52. The van der Waals surface area contributed by atoms with Crippen LogP contribution < -0.4 is 0 Å². The Morgan fingerprint density at radius 2 is 1.70 bits per heavy atom. The molecule has 2 N–H and O–H groups in total. The second kappa shape index (κ2) is 7.13. The third-order valence-corrected chi connectivity index (χ3v) is 3.65. The summed E-state index contributed by atoms with van der Waals surface area (Å²) in [5, 5.41) is 19.5. The Morgan fingerprint density at radius 3 is 2.25 bits per heavy atom. The number of halogens is 1. The minimum absolute atomic E-state index is 0.306. The van der Waals surface area contributed by atoms with Gasteiger partial charge in [0.25, 0.3) is 0 Å². The van der Waals surface area contributed by atoms with E-state index in [4.69, 9.17) is 0 Å². The van der Waals surface area contributed by atoms with E-state index in [1.54, 1.807) is 19.1 Å². The molecule has 0 bridgehead atoms. The van der Waals surface area contributed by atoms with Crippen molar-refractivity contribution in [1.29, 1.82) is 0 Å². The summed E-state index contributed by atoms with van der Waals surface area (Å²) in [5.41, 5.74) is 0.622. The number of aliphatic hydroxyl groups excluding tert-OH is 2. The molecule has 4 nitrogen and oxygen atoms in total. The maximum Gasteiger partial charge on any atom is 0.123 e. The molecule has 1 aromatic rings. The first kappa shape index (κ1) is 15.4. The van der Waals surface area contributed by atoms with Gasteiger partial charge in [0, 0.05) is 39.3 Å². The number of hydrogen-bond donors (Lipinski definition) is 2. The molecule has 20 heavy (non-hydrogen) atoms. The van der Waals surface area contributed by atoms with Crippen molar-refractivity contribution < 1.29 is 14.6 Å². The molecule has 0 radical (unpaired) electrons. The molecule has 1 aliphatic rings. The van der Waals surface area contributed by atoms with Crippen LogP contribution in [-0.2, 0) is 0 Å². The van der Waals surface area contributed by atoms with Crippen molar-refractivity contribution in [2.24, 2.45) is 0 Å². The summed E-state index contributed by atoms with van der Waals surface area (Å²) in [6.07, 6.45) is -0.964. The number of rotatable bonds is 5. The first-order chi connectivity index (χ1) is 9.54. The first-order valence-corrected chi connectivity index (χ1v) is 7.11. The zero-order valence-electron chi connectivity index (χ0n) is 11.9. The predicted molar refractivity (Wildman–Crippen MR) is 75.9 cm³/mol. The highest BCUT2D eigenvalue weighted by Crippen LogP contribution is 2.16. The molecule has 1 aromatic carbocycles. The smallest absolute Gasteiger partial charge is 0.123 e. The van der Waals surface area contributed by atoms with Gasteiger partial charge in [-0.05, 0) is 24.6 Å². The molecule has 1 heterocycles.